The molecule has 0 saturated carbocycles. The number of hydrogen-bond acceptors (Lipinski definition) is 1. The van der Waals surface area contributed by atoms with Gasteiger partial charge in [0.2, 0.25) is 0 Å². The Morgan fingerprint density at radius 2 is 2.20 bits per heavy atom. The van der Waals surface area contributed by atoms with Crippen LogP contribution < -0.4 is 5.09 Å². The van der Waals surface area contributed by atoms with Crippen molar-refractivity contribution in [3.8, 4) is 0 Å². The molecule has 0 saturated heterocycles. The Morgan fingerprint density at radius 3 is 2.80 bits per heavy atom. The summed E-state index contributed by atoms with van der Waals surface area (Å²) in [6, 6.07) is 8.40. The predicted octanol–water partition coefficient (Wildman–Crippen LogP) is 2.63. The number of rotatable bonds is 2. The molecule has 0 aromatic heterocycles. The lowest BCUT2D eigenvalue weighted by atomic mass is 10.2. The van der Waals surface area contributed by atoms with Gasteiger partial charge in [-0.15, -0.1) is 0 Å². The zero-order chi connectivity index (χ0) is 7.40. The average molecular weight is 153 g/mol. The van der Waals surface area contributed by atoms with Crippen LogP contribution >= 0.6 is 8.73 Å². The molecule has 0 bridgehead atoms. The highest BCUT2D eigenvalue weighted by Gasteiger charge is 1.87. The molecular formula is C8H12NP. The van der Waals surface area contributed by atoms with Gasteiger partial charge in [0.05, 0.1) is 0 Å². The summed E-state index contributed by atoms with van der Waals surface area (Å²) in [5.74, 6) is 0. The molecule has 0 aliphatic heterocycles. The second-order valence-corrected chi connectivity index (χ2v) is 2.99. The summed E-state index contributed by atoms with van der Waals surface area (Å²) in [7, 11) is 0.782. The van der Waals surface area contributed by atoms with E-state index < -0.39 is 0 Å². The average Bonchev–Trinajstić information content (AvgIpc) is 1.88. The van der Waals surface area contributed by atoms with Crippen LogP contribution in [0.4, 0.5) is 5.69 Å². The normalized spacial score (nSPS) is 10.6. The van der Waals surface area contributed by atoms with Crippen LogP contribution in [-0.4, -0.2) is 6.66 Å². The second-order valence-electron chi connectivity index (χ2n) is 2.24. The van der Waals surface area contributed by atoms with E-state index in [1.807, 2.05) is 0 Å². The largest absolute Gasteiger partial charge is 0.367 e. The number of hydrogen-bond donors (Lipinski definition) is 1. The van der Waals surface area contributed by atoms with Gasteiger partial charge < -0.3 is 5.09 Å². The van der Waals surface area contributed by atoms with Gasteiger partial charge in [0.1, 0.15) is 0 Å². The standard InChI is InChI=1S/C8H12NP/c1-7-4-3-5-8(6-7)9-10-2/h3-6,9-10H,1-2H3. The van der Waals surface area contributed by atoms with Crippen molar-refractivity contribution in [3.05, 3.63) is 29.8 Å². The van der Waals surface area contributed by atoms with Gasteiger partial charge in [-0.25, -0.2) is 0 Å². The first-order valence-corrected chi connectivity index (χ1v) is 4.82. The van der Waals surface area contributed by atoms with Crippen molar-refractivity contribution >= 4 is 14.4 Å². The fourth-order valence-electron chi connectivity index (χ4n) is 0.867. The van der Waals surface area contributed by atoms with Crippen LogP contribution in [0.1, 0.15) is 5.56 Å². The van der Waals surface area contributed by atoms with Gasteiger partial charge in [-0.2, -0.15) is 0 Å². The summed E-state index contributed by atoms with van der Waals surface area (Å²) < 4.78 is 0. The number of anilines is 1. The van der Waals surface area contributed by atoms with Crippen molar-refractivity contribution in [1.82, 2.24) is 0 Å². The predicted molar refractivity (Wildman–Crippen MR) is 49.0 cm³/mol. The van der Waals surface area contributed by atoms with Crippen molar-refractivity contribution in [3.63, 3.8) is 0 Å². The molecular weight excluding hydrogens is 141 g/mol. The van der Waals surface area contributed by atoms with Gasteiger partial charge in [0.15, 0.2) is 0 Å². The van der Waals surface area contributed by atoms with Crippen molar-refractivity contribution < 1.29 is 0 Å². The van der Waals surface area contributed by atoms with E-state index in [1.165, 1.54) is 11.3 Å². The summed E-state index contributed by atoms with van der Waals surface area (Å²) in [4.78, 5) is 0. The lowest BCUT2D eigenvalue weighted by Crippen LogP contribution is -1.81. The third kappa shape index (κ3) is 2.00. The molecule has 1 aromatic rings. The van der Waals surface area contributed by atoms with E-state index in [0.29, 0.717) is 0 Å². The van der Waals surface area contributed by atoms with Crippen LogP contribution in [0.2, 0.25) is 0 Å². The maximum absolute atomic E-state index is 3.28. The fourth-order valence-corrected chi connectivity index (χ4v) is 1.31. The molecule has 1 unspecified atom stereocenters. The lowest BCUT2D eigenvalue weighted by molar-refractivity contribution is 1.47. The summed E-state index contributed by atoms with van der Waals surface area (Å²) in [6.07, 6.45) is 0. The molecule has 0 amide bonds. The van der Waals surface area contributed by atoms with Crippen LogP contribution in [0.15, 0.2) is 24.3 Å². The quantitative estimate of drug-likeness (QED) is 0.644. The highest BCUT2D eigenvalue weighted by Crippen LogP contribution is 2.14. The molecule has 1 N–H and O–H groups in total. The van der Waals surface area contributed by atoms with Gasteiger partial charge in [0.25, 0.3) is 0 Å². The minimum absolute atomic E-state index is 0.782. The summed E-state index contributed by atoms with van der Waals surface area (Å²) >= 11 is 0. The molecule has 0 spiro atoms. The maximum atomic E-state index is 3.28. The molecule has 54 valence electrons. The molecule has 1 atom stereocenters. The molecule has 0 aliphatic rings. The second kappa shape index (κ2) is 3.58. The van der Waals surface area contributed by atoms with E-state index in [9.17, 15) is 0 Å². The van der Waals surface area contributed by atoms with E-state index in [-0.39, 0.29) is 0 Å². The Hall–Kier alpha value is -0.550. The Balaban J connectivity index is 2.75. The third-order valence-electron chi connectivity index (χ3n) is 1.29. The highest BCUT2D eigenvalue weighted by atomic mass is 31.1. The van der Waals surface area contributed by atoms with E-state index in [2.05, 4.69) is 42.9 Å². The first kappa shape index (κ1) is 7.56. The summed E-state index contributed by atoms with van der Waals surface area (Å²) in [6.45, 7) is 4.23. The molecule has 0 fully saturated rings. The van der Waals surface area contributed by atoms with E-state index in [4.69, 9.17) is 0 Å². The van der Waals surface area contributed by atoms with Crippen molar-refractivity contribution in [2.75, 3.05) is 11.8 Å². The van der Waals surface area contributed by atoms with Crippen molar-refractivity contribution in [2.24, 2.45) is 0 Å². The number of nitrogens with one attached hydrogen (secondary N) is 1. The molecule has 1 nitrogen and oxygen atoms in total. The Morgan fingerprint density at radius 1 is 1.40 bits per heavy atom. The molecule has 10 heavy (non-hydrogen) atoms. The SMILES string of the molecule is CPNc1cccc(C)c1. The van der Waals surface area contributed by atoms with Crippen molar-refractivity contribution in [2.45, 2.75) is 6.92 Å². The summed E-state index contributed by atoms with van der Waals surface area (Å²) in [5, 5.41) is 3.28. The lowest BCUT2D eigenvalue weighted by Gasteiger charge is -2.01. The van der Waals surface area contributed by atoms with Gasteiger partial charge in [-0.3, -0.25) is 0 Å². The first-order valence-electron chi connectivity index (χ1n) is 3.32. The zero-order valence-corrected chi connectivity index (χ0v) is 7.31. The smallest absolute Gasteiger partial charge is 0.0373 e. The van der Waals surface area contributed by atoms with E-state index in [0.717, 1.165) is 8.73 Å². The Kier molecular flexibility index (Phi) is 2.70. The minimum atomic E-state index is 0.782. The Bertz CT molecular complexity index is 210. The topological polar surface area (TPSA) is 12.0 Å². The van der Waals surface area contributed by atoms with Gasteiger partial charge in [-0.1, -0.05) is 12.1 Å². The Labute approximate surface area is 63.7 Å². The number of benzene rings is 1. The van der Waals surface area contributed by atoms with E-state index >= 15 is 0 Å². The number of aryl methyl sites for hydroxylation is 1. The maximum Gasteiger partial charge on any atom is 0.0373 e. The van der Waals surface area contributed by atoms with Crippen molar-refractivity contribution in [1.29, 1.82) is 0 Å². The van der Waals surface area contributed by atoms with Crippen LogP contribution in [-0.2, 0) is 0 Å². The van der Waals surface area contributed by atoms with Gasteiger partial charge in [-0.05, 0) is 40.0 Å². The van der Waals surface area contributed by atoms with Gasteiger partial charge in [0, 0.05) is 5.69 Å². The van der Waals surface area contributed by atoms with Gasteiger partial charge >= 0.3 is 0 Å². The fraction of sp³-hybridized carbons (Fsp3) is 0.250. The van der Waals surface area contributed by atoms with Crippen LogP contribution in [0.5, 0.6) is 0 Å². The highest BCUT2D eigenvalue weighted by molar-refractivity contribution is 7.38. The van der Waals surface area contributed by atoms with Crippen LogP contribution in [0.25, 0.3) is 0 Å². The van der Waals surface area contributed by atoms with Crippen LogP contribution in [0.3, 0.4) is 0 Å². The third-order valence-corrected chi connectivity index (χ3v) is 1.83. The van der Waals surface area contributed by atoms with E-state index in [1.54, 1.807) is 0 Å². The first-order chi connectivity index (χ1) is 4.83. The zero-order valence-electron chi connectivity index (χ0n) is 6.31. The molecule has 0 heterocycles. The monoisotopic (exact) mass is 153 g/mol. The molecule has 0 radical (unpaired) electrons. The molecule has 1 aromatic carbocycles. The molecule has 0 aliphatic carbocycles. The molecule has 2 heteroatoms. The van der Waals surface area contributed by atoms with Crippen LogP contribution in [0, 0.1) is 6.92 Å². The minimum Gasteiger partial charge on any atom is -0.367 e. The molecule has 1 rings (SSSR count). The summed E-state index contributed by atoms with van der Waals surface area (Å²) in [5.41, 5.74) is 2.53.